The van der Waals surface area contributed by atoms with Crippen LogP contribution in [0.3, 0.4) is 0 Å². The van der Waals surface area contributed by atoms with Crippen LogP contribution in [0.1, 0.15) is 16.7 Å². The molecule has 0 radical (unpaired) electrons. The average molecular weight is 484 g/mol. The first kappa shape index (κ1) is 21.9. The Hall–Kier alpha value is -3.93. The van der Waals surface area contributed by atoms with Gasteiger partial charge >= 0.3 is 0 Å². The second-order valence-corrected chi connectivity index (χ2v) is 8.88. The van der Waals surface area contributed by atoms with Crippen molar-refractivity contribution < 1.29 is 0 Å². The molecule has 0 aliphatic carbocycles. The molecule has 5 rings (SSSR count). The number of rotatable bonds is 7. The van der Waals surface area contributed by atoms with Gasteiger partial charge in [0.1, 0.15) is 5.03 Å². The molecule has 0 spiro atoms. The van der Waals surface area contributed by atoms with Crippen molar-refractivity contribution in [3.63, 3.8) is 0 Å². The molecule has 0 atom stereocenters. The monoisotopic (exact) mass is 483 g/mol. The smallest absolute Gasteiger partial charge is 0.209 e. The van der Waals surface area contributed by atoms with E-state index in [4.69, 9.17) is 16.9 Å². The molecule has 3 aromatic carbocycles. The summed E-state index contributed by atoms with van der Waals surface area (Å²) in [5.74, 6) is 1.27. The highest BCUT2D eigenvalue weighted by Gasteiger charge is 2.19. The Morgan fingerprint density at radius 2 is 1.68 bits per heavy atom. The van der Waals surface area contributed by atoms with Gasteiger partial charge < -0.3 is 0 Å². The summed E-state index contributed by atoms with van der Waals surface area (Å²) in [6, 6.07) is 27.3. The maximum Gasteiger partial charge on any atom is 0.209 e. The van der Waals surface area contributed by atoms with Crippen molar-refractivity contribution in [2.45, 2.75) is 17.3 Å². The molecule has 0 aliphatic heterocycles. The number of thioether (sulfide) groups is 1. The Morgan fingerprint density at radius 1 is 0.912 bits per heavy atom. The van der Waals surface area contributed by atoms with E-state index in [1.807, 2.05) is 59.3 Å². The van der Waals surface area contributed by atoms with Crippen LogP contribution in [-0.4, -0.2) is 30.0 Å². The zero-order valence-corrected chi connectivity index (χ0v) is 19.5. The van der Waals surface area contributed by atoms with Crippen molar-refractivity contribution in [1.82, 2.24) is 30.0 Å². The van der Waals surface area contributed by atoms with Crippen LogP contribution in [0, 0.1) is 11.3 Å². The number of hydrogen-bond donors (Lipinski definition) is 0. The van der Waals surface area contributed by atoms with E-state index in [2.05, 4.69) is 38.7 Å². The zero-order chi connectivity index (χ0) is 23.3. The van der Waals surface area contributed by atoms with Gasteiger partial charge in [-0.25, -0.2) is 4.68 Å². The molecule has 0 unspecified atom stereocenters. The van der Waals surface area contributed by atoms with Gasteiger partial charge in [0.05, 0.1) is 35.6 Å². The Morgan fingerprint density at radius 3 is 2.41 bits per heavy atom. The van der Waals surface area contributed by atoms with Gasteiger partial charge in [-0.3, -0.25) is 0 Å². The van der Waals surface area contributed by atoms with E-state index in [1.54, 1.807) is 34.9 Å². The fraction of sp³-hybridized carbons (Fsp3) is 0.0800. The van der Waals surface area contributed by atoms with Crippen LogP contribution in [0.4, 0.5) is 0 Å². The van der Waals surface area contributed by atoms with E-state index in [9.17, 15) is 0 Å². The number of benzene rings is 3. The predicted octanol–water partition coefficient (Wildman–Crippen LogP) is 5.39. The lowest BCUT2D eigenvalue weighted by atomic mass is 10.1. The number of aromatic nitrogens is 6. The van der Waals surface area contributed by atoms with Crippen LogP contribution in [0.15, 0.2) is 90.1 Å². The van der Waals surface area contributed by atoms with Crippen LogP contribution in [0.25, 0.3) is 17.1 Å². The van der Waals surface area contributed by atoms with Crippen LogP contribution in [-0.2, 0) is 12.3 Å². The minimum atomic E-state index is 0.455. The Labute approximate surface area is 205 Å². The minimum absolute atomic E-state index is 0.455. The maximum absolute atomic E-state index is 8.98. The third-order valence-corrected chi connectivity index (χ3v) is 6.51. The molecule has 9 heteroatoms. The van der Waals surface area contributed by atoms with E-state index in [0.29, 0.717) is 23.0 Å². The molecule has 0 amide bonds. The third kappa shape index (κ3) is 4.86. The average Bonchev–Trinajstić information content (AvgIpc) is 3.51. The zero-order valence-electron chi connectivity index (χ0n) is 17.9. The molecule has 5 aromatic rings. The minimum Gasteiger partial charge on any atom is -0.226 e. The maximum atomic E-state index is 8.98. The summed E-state index contributed by atoms with van der Waals surface area (Å²) in [5, 5.41) is 28.3. The first-order chi connectivity index (χ1) is 16.7. The van der Waals surface area contributed by atoms with Gasteiger partial charge in [0.15, 0.2) is 0 Å². The number of nitrogens with zero attached hydrogens (tertiary/aromatic N) is 7. The van der Waals surface area contributed by atoms with Gasteiger partial charge in [0.25, 0.3) is 0 Å². The quantitative estimate of drug-likeness (QED) is 0.288. The Kier molecular flexibility index (Phi) is 6.38. The number of hydrogen-bond acceptors (Lipinski definition) is 6. The molecule has 0 aliphatic rings. The van der Waals surface area contributed by atoms with Gasteiger partial charge in [0.2, 0.25) is 5.82 Å². The third-order valence-electron chi connectivity index (χ3n) is 5.12. The van der Waals surface area contributed by atoms with Crippen LogP contribution in [0.2, 0.25) is 5.02 Å². The van der Waals surface area contributed by atoms with E-state index in [0.717, 1.165) is 27.6 Å². The van der Waals surface area contributed by atoms with Crippen molar-refractivity contribution in [3.05, 3.63) is 107 Å². The molecule has 0 bridgehead atoms. The fourth-order valence-corrected chi connectivity index (χ4v) is 4.58. The molecule has 2 heterocycles. The van der Waals surface area contributed by atoms with Crippen molar-refractivity contribution in [2.75, 3.05) is 0 Å². The largest absolute Gasteiger partial charge is 0.226 e. The summed E-state index contributed by atoms with van der Waals surface area (Å²) in [7, 11) is 0. The van der Waals surface area contributed by atoms with E-state index in [1.165, 1.54) is 5.56 Å². The molecule has 2 aromatic heterocycles. The van der Waals surface area contributed by atoms with Crippen molar-refractivity contribution in [2.24, 2.45) is 0 Å². The fourth-order valence-electron chi connectivity index (χ4n) is 3.39. The lowest BCUT2D eigenvalue weighted by Gasteiger charge is -2.09. The SMILES string of the molecule is N#Cc1ccc(Cn2nnc(-c3cnn(-c4ccc(Cl)cc4)c3SCc3ccccc3)n2)cc1. The van der Waals surface area contributed by atoms with Crippen LogP contribution >= 0.6 is 23.4 Å². The lowest BCUT2D eigenvalue weighted by Crippen LogP contribution is -2.04. The molecular formula is C25H18ClN7S. The Bertz CT molecular complexity index is 1440. The molecule has 7 nitrogen and oxygen atoms in total. The normalized spacial score (nSPS) is 10.8. The number of halogens is 1. The summed E-state index contributed by atoms with van der Waals surface area (Å²) in [6.07, 6.45) is 1.77. The number of nitriles is 1. The summed E-state index contributed by atoms with van der Waals surface area (Å²) < 4.78 is 1.88. The molecule has 0 saturated carbocycles. The van der Waals surface area contributed by atoms with E-state index >= 15 is 0 Å². The van der Waals surface area contributed by atoms with E-state index in [-0.39, 0.29) is 0 Å². The summed E-state index contributed by atoms with van der Waals surface area (Å²) in [5.41, 5.74) is 4.52. The van der Waals surface area contributed by atoms with Gasteiger partial charge in [-0.05, 0) is 52.7 Å². The summed E-state index contributed by atoms with van der Waals surface area (Å²) in [4.78, 5) is 1.54. The second-order valence-electron chi connectivity index (χ2n) is 7.48. The van der Waals surface area contributed by atoms with Crippen molar-refractivity contribution in [3.8, 4) is 23.1 Å². The highest BCUT2D eigenvalue weighted by molar-refractivity contribution is 7.98. The summed E-state index contributed by atoms with van der Waals surface area (Å²) in [6.45, 7) is 0.455. The van der Waals surface area contributed by atoms with Crippen molar-refractivity contribution >= 4 is 23.4 Å². The topological polar surface area (TPSA) is 85.2 Å². The standard InChI is InChI=1S/C25H18ClN7S/c26-21-10-12-22(13-11-21)33-25(34-17-20-4-2-1-3-5-20)23(15-28-33)24-29-31-32(30-24)16-19-8-6-18(14-27)7-9-19/h1-13,15H,16-17H2. The highest BCUT2D eigenvalue weighted by Crippen LogP contribution is 2.33. The molecule has 166 valence electrons. The van der Waals surface area contributed by atoms with Crippen LogP contribution in [0.5, 0.6) is 0 Å². The predicted molar refractivity (Wildman–Crippen MR) is 132 cm³/mol. The number of tetrazole rings is 1. The van der Waals surface area contributed by atoms with E-state index < -0.39 is 0 Å². The molecule has 0 N–H and O–H groups in total. The first-order valence-corrected chi connectivity index (χ1v) is 11.8. The molecular weight excluding hydrogens is 466 g/mol. The van der Waals surface area contributed by atoms with Crippen molar-refractivity contribution in [1.29, 1.82) is 5.26 Å². The van der Waals surface area contributed by atoms with Crippen LogP contribution < -0.4 is 0 Å². The van der Waals surface area contributed by atoms with Gasteiger partial charge in [0, 0.05) is 10.8 Å². The lowest BCUT2D eigenvalue weighted by molar-refractivity contribution is 0.573. The first-order valence-electron chi connectivity index (χ1n) is 10.5. The Balaban J connectivity index is 1.45. The molecule has 0 fully saturated rings. The molecule has 0 saturated heterocycles. The molecule has 34 heavy (non-hydrogen) atoms. The summed E-state index contributed by atoms with van der Waals surface area (Å²) >= 11 is 7.75. The second kappa shape index (κ2) is 9.91. The van der Waals surface area contributed by atoms with Gasteiger partial charge in [-0.2, -0.15) is 15.2 Å². The highest BCUT2D eigenvalue weighted by atomic mass is 35.5. The van der Waals surface area contributed by atoms with Gasteiger partial charge in [-0.15, -0.1) is 22.0 Å². The van der Waals surface area contributed by atoms with Gasteiger partial charge in [-0.1, -0.05) is 54.1 Å².